The first kappa shape index (κ1) is 13.8. The molecular weight excluding hydrogens is 242 g/mol. The summed E-state index contributed by atoms with van der Waals surface area (Å²) in [6.07, 6.45) is 6.24. The van der Waals surface area contributed by atoms with Gasteiger partial charge in [-0.2, -0.15) is 0 Å². The number of aryl methyl sites for hydroxylation is 3. The van der Waals surface area contributed by atoms with E-state index in [2.05, 4.69) is 22.4 Å². The second-order valence-electron chi connectivity index (χ2n) is 4.52. The lowest BCUT2D eigenvalue weighted by molar-refractivity contribution is 0.431. The van der Waals surface area contributed by atoms with Crippen LogP contribution in [0.4, 0.5) is 0 Å². The summed E-state index contributed by atoms with van der Waals surface area (Å²) in [6.45, 7) is 4.23. The van der Waals surface area contributed by atoms with E-state index in [9.17, 15) is 0 Å². The number of hydrogen-bond donors (Lipinski definition) is 1. The van der Waals surface area contributed by atoms with Crippen molar-refractivity contribution in [2.24, 2.45) is 0 Å². The van der Waals surface area contributed by atoms with Crippen LogP contribution in [0.1, 0.15) is 37.3 Å². The van der Waals surface area contributed by atoms with E-state index in [0.29, 0.717) is 5.89 Å². The van der Waals surface area contributed by atoms with Gasteiger partial charge in [-0.05, 0) is 38.1 Å². The lowest BCUT2D eigenvalue weighted by Gasteiger charge is -1.99. The maximum atomic E-state index is 5.60. The van der Waals surface area contributed by atoms with E-state index in [1.54, 1.807) is 6.26 Å². The highest BCUT2D eigenvalue weighted by Gasteiger charge is 2.06. The van der Waals surface area contributed by atoms with E-state index >= 15 is 0 Å². The molecular formula is C14H21N3O2. The van der Waals surface area contributed by atoms with Crippen LogP contribution >= 0.6 is 0 Å². The monoisotopic (exact) mass is 263 g/mol. The third kappa shape index (κ3) is 4.87. The molecule has 0 aliphatic heterocycles. The number of furan rings is 1. The van der Waals surface area contributed by atoms with Crippen LogP contribution in [0.3, 0.4) is 0 Å². The number of nitrogens with one attached hydrogen (secondary N) is 1. The number of aromatic nitrogens is 2. The maximum Gasteiger partial charge on any atom is 0.217 e. The summed E-state index contributed by atoms with van der Waals surface area (Å²) in [4.78, 5) is 0. The van der Waals surface area contributed by atoms with Crippen molar-refractivity contribution < 1.29 is 8.83 Å². The summed E-state index contributed by atoms with van der Waals surface area (Å²) in [6, 6.07) is 3.84. The zero-order chi connectivity index (χ0) is 13.3. The Labute approximate surface area is 113 Å². The Morgan fingerprint density at radius 2 is 1.95 bits per heavy atom. The molecule has 0 aliphatic carbocycles. The van der Waals surface area contributed by atoms with Gasteiger partial charge in [-0.15, -0.1) is 10.2 Å². The molecule has 2 aromatic heterocycles. The summed E-state index contributed by atoms with van der Waals surface area (Å²) in [7, 11) is 0. The fraction of sp³-hybridized carbons (Fsp3) is 0.571. The van der Waals surface area contributed by atoms with Crippen molar-refractivity contribution in [1.29, 1.82) is 0 Å². The third-order valence-electron chi connectivity index (χ3n) is 2.85. The summed E-state index contributed by atoms with van der Waals surface area (Å²) in [5.41, 5.74) is 0. The lowest BCUT2D eigenvalue weighted by Crippen LogP contribution is -2.16. The fourth-order valence-electron chi connectivity index (χ4n) is 1.84. The topological polar surface area (TPSA) is 64.1 Å². The molecule has 0 spiro atoms. The van der Waals surface area contributed by atoms with Crippen LogP contribution in [0.15, 0.2) is 27.2 Å². The fourth-order valence-corrected chi connectivity index (χ4v) is 1.84. The molecule has 5 nitrogen and oxygen atoms in total. The molecule has 0 radical (unpaired) electrons. The summed E-state index contributed by atoms with van der Waals surface area (Å²) >= 11 is 0. The van der Waals surface area contributed by atoms with Crippen LogP contribution in [-0.4, -0.2) is 23.3 Å². The Hall–Kier alpha value is -1.62. The van der Waals surface area contributed by atoms with Gasteiger partial charge in [-0.1, -0.05) is 6.92 Å². The van der Waals surface area contributed by atoms with Crippen molar-refractivity contribution in [1.82, 2.24) is 15.5 Å². The molecule has 0 bridgehead atoms. The maximum absolute atomic E-state index is 5.60. The van der Waals surface area contributed by atoms with Crippen LogP contribution < -0.4 is 5.32 Å². The van der Waals surface area contributed by atoms with Crippen molar-refractivity contribution in [3.8, 4) is 0 Å². The van der Waals surface area contributed by atoms with E-state index < -0.39 is 0 Å². The molecule has 2 rings (SSSR count). The van der Waals surface area contributed by atoms with E-state index in [1.165, 1.54) is 0 Å². The normalized spacial score (nSPS) is 11.0. The Morgan fingerprint density at radius 1 is 1.11 bits per heavy atom. The van der Waals surface area contributed by atoms with Crippen molar-refractivity contribution in [2.75, 3.05) is 13.1 Å². The molecule has 0 saturated carbocycles. The van der Waals surface area contributed by atoms with Crippen molar-refractivity contribution in [2.45, 2.75) is 39.0 Å². The van der Waals surface area contributed by atoms with Crippen molar-refractivity contribution in [3.05, 3.63) is 35.9 Å². The van der Waals surface area contributed by atoms with E-state index in [0.717, 1.165) is 56.8 Å². The molecule has 19 heavy (non-hydrogen) atoms. The first-order chi connectivity index (χ1) is 9.38. The predicted molar refractivity (Wildman–Crippen MR) is 71.9 cm³/mol. The van der Waals surface area contributed by atoms with Gasteiger partial charge in [0.25, 0.3) is 0 Å². The molecule has 2 heterocycles. The van der Waals surface area contributed by atoms with Gasteiger partial charge in [0.1, 0.15) is 5.76 Å². The number of rotatable bonds is 9. The third-order valence-corrected chi connectivity index (χ3v) is 2.85. The molecule has 0 saturated heterocycles. The minimum absolute atomic E-state index is 0.688. The Morgan fingerprint density at radius 3 is 2.68 bits per heavy atom. The highest BCUT2D eigenvalue weighted by atomic mass is 16.4. The van der Waals surface area contributed by atoms with Crippen LogP contribution in [0.25, 0.3) is 0 Å². The molecule has 0 amide bonds. The first-order valence-corrected chi connectivity index (χ1v) is 6.93. The number of nitrogens with zero attached hydrogens (tertiary/aromatic N) is 2. The van der Waals surface area contributed by atoms with Crippen LogP contribution in [-0.2, 0) is 19.3 Å². The minimum atomic E-state index is 0.688. The van der Waals surface area contributed by atoms with Gasteiger partial charge in [0, 0.05) is 19.3 Å². The average Bonchev–Trinajstić information content (AvgIpc) is 3.07. The van der Waals surface area contributed by atoms with Gasteiger partial charge >= 0.3 is 0 Å². The Balaban J connectivity index is 1.67. The van der Waals surface area contributed by atoms with Crippen LogP contribution in [0.2, 0.25) is 0 Å². The quantitative estimate of drug-likeness (QED) is 0.704. The van der Waals surface area contributed by atoms with Gasteiger partial charge < -0.3 is 14.2 Å². The molecule has 2 aromatic rings. The molecule has 0 unspecified atom stereocenters. The zero-order valence-electron chi connectivity index (χ0n) is 11.4. The van der Waals surface area contributed by atoms with Crippen LogP contribution in [0, 0.1) is 0 Å². The van der Waals surface area contributed by atoms with Crippen molar-refractivity contribution in [3.63, 3.8) is 0 Å². The largest absolute Gasteiger partial charge is 0.469 e. The number of hydrogen-bond acceptors (Lipinski definition) is 5. The van der Waals surface area contributed by atoms with Crippen molar-refractivity contribution >= 4 is 0 Å². The Bertz CT molecular complexity index is 451. The van der Waals surface area contributed by atoms with E-state index in [4.69, 9.17) is 8.83 Å². The predicted octanol–water partition coefficient (Wildman–Crippen LogP) is 2.38. The Kier molecular flexibility index (Phi) is 5.62. The second-order valence-corrected chi connectivity index (χ2v) is 4.52. The molecule has 104 valence electrons. The SMILES string of the molecule is CCCNCCCc1nnc(CCc2ccco2)o1. The molecule has 0 atom stereocenters. The van der Waals surface area contributed by atoms with E-state index in [1.807, 2.05) is 12.1 Å². The molecule has 5 heteroatoms. The summed E-state index contributed by atoms with van der Waals surface area (Å²) in [5.74, 6) is 2.36. The molecule has 1 N–H and O–H groups in total. The van der Waals surface area contributed by atoms with E-state index in [-0.39, 0.29) is 0 Å². The summed E-state index contributed by atoms with van der Waals surface area (Å²) < 4.78 is 10.9. The minimum Gasteiger partial charge on any atom is -0.469 e. The van der Waals surface area contributed by atoms with Gasteiger partial charge in [0.2, 0.25) is 11.8 Å². The molecule has 0 fully saturated rings. The smallest absolute Gasteiger partial charge is 0.217 e. The second kappa shape index (κ2) is 7.74. The lowest BCUT2D eigenvalue weighted by atomic mass is 10.2. The zero-order valence-corrected chi connectivity index (χ0v) is 11.4. The average molecular weight is 263 g/mol. The van der Waals surface area contributed by atoms with Gasteiger partial charge in [-0.3, -0.25) is 0 Å². The molecule has 0 aromatic carbocycles. The highest BCUT2D eigenvalue weighted by molar-refractivity contribution is 4.99. The highest BCUT2D eigenvalue weighted by Crippen LogP contribution is 2.08. The first-order valence-electron chi connectivity index (χ1n) is 6.93. The van der Waals surface area contributed by atoms with Gasteiger partial charge in [-0.25, -0.2) is 0 Å². The standard InChI is InChI=1S/C14H21N3O2/c1-2-9-15-10-3-6-13-16-17-14(19-13)8-7-12-5-4-11-18-12/h4-5,11,15H,2-3,6-10H2,1H3. The van der Waals surface area contributed by atoms with Gasteiger partial charge in [0.15, 0.2) is 0 Å². The summed E-state index contributed by atoms with van der Waals surface area (Å²) in [5, 5.41) is 11.5. The molecule has 0 aliphatic rings. The van der Waals surface area contributed by atoms with Gasteiger partial charge in [0.05, 0.1) is 6.26 Å². The van der Waals surface area contributed by atoms with Crippen LogP contribution in [0.5, 0.6) is 0 Å².